The average molecular weight is 402 g/mol. The van der Waals surface area contributed by atoms with E-state index in [-0.39, 0.29) is 31.2 Å². The minimum atomic E-state index is -0.990. The molecular formula is C21H20F2N2O4. The number of hydrogen-bond donors (Lipinski definition) is 1. The number of aliphatic carboxylic acids is 1. The van der Waals surface area contributed by atoms with E-state index in [1.54, 1.807) is 6.20 Å². The topological polar surface area (TPSA) is 73.6 Å². The first-order valence-corrected chi connectivity index (χ1v) is 9.50. The molecule has 0 spiro atoms. The fourth-order valence-electron chi connectivity index (χ4n) is 3.16. The van der Waals surface area contributed by atoms with Crippen LogP contribution in [0.3, 0.4) is 0 Å². The molecule has 0 radical (unpaired) electrons. The molecule has 152 valence electrons. The Morgan fingerprint density at radius 3 is 2.62 bits per heavy atom. The molecule has 1 aromatic heterocycles. The van der Waals surface area contributed by atoms with Crippen LogP contribution in [0.4, 0.5) is 8.78 Å². The molecule has 1 fully saturated rings. The summed E-state index contributed by atoms with van der Waals surface area (Å²) in [5.74, 6) is -2.56. The molecule has 0 aliphatic heterocycles. The molecule has 8 heteroatoms. The van der Waals surface area contributed by atoms with E-state index < -0.39 is 23.4 Å². The fourth-order valence-corrected chi connectivity index (χ4v) is 3.16. The molecule has 0 unspecified atom stereocenters. The van der Waals surface area contributed by atoms with Crippen molar-refractivity contribution < 1.29 is 28.2 Å². The lowest BCUT2D eigenvalue weighted by atomic mass is 9.96. The summed E-state index contributed by atoms with van der Waals surface area (Å²) in [6.45, 7) is -0.0912. The van der Waals surface area contributed by atoms with Crippen LogP contribution in [-0.2, 0) is 4.79 Å². The van der Waals surface area contributed by atoms with Crippen molar-refractivity contribution >= 4 is 16.9 Å². The molecule has 2 aromatic carbocycles. The van der Waals surface area contributed by atoms with E-state index >= 15 is 0 Å². The van der Waals surface area contributed by atoms with Crippen LogP contribution in [0.5, 0.6) is 11.5 Å². The van der Waals surface area contributed by atoms with Gasteiger partial charge in [-0.3, -0.25) is 4.79 Å². The molecule has 4 rings (SSSR count). The van der Waals surface area contributed by atoms with Gasteiger partial charge >= 0.3 is 5.97 Å². The summed E-state index contributed by atoms with van der Waals surface area (Å²) in [4.78, 5) is 10.5. The standard InChI is InChI=1S/C21H20F2N2O4/c22-17-9-14(10-18(23)21(17)28-8-2-5-20(26)27)25-19-11-16(29-15-3-1-4-15)7-6-13(19)12-24-25/h6-7,9-12,15H,1-5,8H2,(H,26,27). The van der Waals surface area contributed by atoms with Crippen LogP contribution in [0.2, 0.25) is 0 Å². The van der Waals surface area contributed by atoms with Gasteiger partial charge in [0.15, 0.2) is 17.4 Å². The predicted octanol–water partition coefficient (Wildman–Crippen LogP) is 4.48. The van der Waals surface area contributed by atoms with E-state index in [0.717, 1.165) is 36.8 Å². The van der Waals surface area contributed by atoms with Gasteiger partial charge in [-0.1, -0.05) is 0 Å². The third-order valence-corrected chi connectivity index (χ3v) is 4.91. The van der Waals surface area contributed by atoms with Gasteiger partial charge in [0.25, 0.3) is 0 Å². The summed E-state index contributed by atoms with van der Waals surface area (Å²) < 4.78 is 41.3. The lowest BCUT2D eigenvalue weighted by Gasteiger charge is -2.26. The van der Waals surface area contributed by atoms with Crippen LogP contribution in [0.15, 0.2) is 36.5 Å². The first-order chi connectivity index (χ1) is 14.0. The van der Waals surface area contributed by atoms with Crippen LogP contribution in [0.25, 0.3) is 16.6 Å². The second-order valence-corrected chi connectivity index (χ2v) is 7.03. The summed E-state index contributed by atoms with van der Waals surface area (Å²) in [6.07, 6.45) is 5.08. The summed E-state index contributed by atoms with van der Waals surface area (Å²) in [7, 11) is 0. The number of benzene rings is 2. The maximum absolute atomic E-state index is 14.4. The van der Waals surface area contributed by atoms with Crippen molar-refractivity contribution in [2.24, 2.45) is 0 Å². The van der Waals surface area contributed by atoms with E-state index in [0.29, 0.717) is 11.3 Å². The van der Waals surface area contributed by atoms with Gasteiger partial charge in [-0.25, -0.2) is 13.5 Å². The number of nitrogens with zero attached hydrogens (tertiary/aromatic N) is 2. The maximum Gasteiger partial charge on any atom is 0.303 e. The molecule has 1 aliphatic carbocycles. The number of halogens is 2. The van der Waals surface area contributed by atoms with Crippen molar-refractivity contribution in [3.63, 3.8) is 0 Å². The summed E-state index contributed by atoms with van der Waals surface area (Å²) in [6, 6.07) is 7.82. The number of carbonyl (C=O) groups is 1. The molecule has 1 N–H and O–H groups in total. The second-order valence-electron chi connectivity index (χ2n) is 7.03. The SMILES string of the molecule is O=C(O)CCCOc1c(F)cc(-n2ncc3ccc(OC4CCC4)cc32)cc1F. The van der Waals surface area contributed by atoms with Gasteiger partial charge in [0.2, 0.25) is 0 Å². The van der Waals surface area contributed by atoms with Crippen molar-refractivity contribution in [2.75, 3.05) is 6.61 Å². The van der Waals surface area contributed by atoms with Crippen LogP contribution in [0.1, 0.15) is 32.1 Å². The number of rotatable bonds is 8. The normalized spacial score (nSPS) is 14.0. The number of ether oxygens (including phenoxy) is 2. The molecule has 1 heterocycles. The lowest BCUT2D eigenvalue weighted by molar-refractivity contribution is -0.137. The first kappa shape index (κ1) is 19.2. The molecule has 0 amide bonds. The Morgan fingerprint density at radius 1 is 1.21 bits per heavy atom. The highest BCUT2D eigenvalue weighted by atomic mass is 19.1. The van der Waals surface area contributed by atoms with Crippen molar-refractivity contribution in [1.29, 1.82) is 0 Å². The lowest BCUT2D eigenvalue weighted by Crippen LogP contribution is -2.24. The predicted molar refractivity (Wildman–Crippen MR) is 102 cm³/mol. The van der Waals surface area contributed by atoms with Gasteiger partial charge in [-0.15, -0.1) is 0 Å². The molecule has 29 heavy (non-hydrogen) atoms. The molecule has 3 aromatic rings. The Kier molecular flexibility index (Phi) is 5.33. The van der Waals surface area contributed by atoms with Gasteiger partial charge < -0.3 is 14.6 Å². The quantitative estimate of drug-likeness (QED) is 0.563. The Labute approximate surface area is 165 Å². The number of aromatic nitrogens is 2. The first-order valence-electron chi connectivity index (χ1n) is 9.50. The third-order valence-electron chi connectivity index (χ3n) is 4.91. The minimum Gasteiger partial charge on any atom is -0.490 e. The van der Waals surface area contributed by atoms with Crippen LogP contribution < -0.4 is 9.47 Å². The molecule has 6 nitrogen and oxygen atoms in total. The molecule has 1 aliphatic rings. The Bertz CT molecular complexity index is 1020. The van der Waals surface area contributed by atoms with Gasteiger partial charge in [0.05, 0.1) is 30.1 Å². The molecule has 0 atom stereocenters. The molecule has 0 saturated heterocycles. The average Bonchev–Trinajstić information content (AvgIpc) is 3.06. The summed E-state index contributed by atoms with van der Waals surface area (Å²) in [5.41, 5.74) is 0.893. The largest absolute Gasteiger partial charge is 0.490 e. The molecular weight excluding hydrogens is 382 g/mol. The van der Waals surface area contributed by atoms with Gasteiger partial charge in [-0.2, -0.15) is 5.10 Å². The number of hydrogen-bond acceptors (Lipinski definition) is 4. The highest BCUT2D eigenvalue weighted by Crippen LogP contribution is 2.30. The number of carboxylic acids is 1. The zero-order valence-corrected chi connectivity index (χ0v) is 15.6. The van der Waals surface area contributed by atoms with Crippen molar-refractivity contribution in [3.05, 3.63) is 48.2 Å². The van der Waals surface area contributed by atoms with Crippen LogP contribution in [0, 0.1) is 11.6 Å². The Morgan fingerprint density at radius 2 is 1.97 bits per heavy atom. The van der Waals surface area contributed by atoms with E-state index in [9.17, 15) is 13.6 Å². The fraction of sp³-hybridized carbons (Fsp3) is 0.333. The summed E-state index contributed by atoms with van der Waals surface area (Å²) in [5, 5.41) is 13.7. The van der Waals surface area contributed by atoms with Gasteiger partial charge in [0, 0.05) is 30.0 Å². The van der Waals surface area contributed by atoms with Crippen LogP contribution >= 0.6 is 0 Å². The van der Waals surface area contributed by atoms with E-state index in [4.69, 9.17) is 14.6 Å². The number of carboxylic acid groups (broad SMARTS) is 1. The smallest absolute Gasteiger partial charge is 0.303 e. The highest BCUT2D eigenvalue weighted by molar-refractivity contribution is 5.81. The highest BCUT2D eigenvalue weighted by Gasteiger charge is 2.20. The Hall–Kier alpha value is -3.16. The monoisotopic (exact) mass is 402 g/mol. The van der Waals surface area contributed by atoms with E-state index in [1.165, 1.54) is 4.68 Å². The Balaban J connectivity index is 1.58. The maximum atomic E-state index is 14.4. The van der Waals surface area contributed by atoms with Crippen molar-refractivity contribution in [2.45, 2.75) is 38.2 Å². The van der Waals surface area contributed by atoms with Crippen molar-refractivity contribution in [1.82, 2.24) is 9.78 Å². The van der Waals surface area contributed by atoms with Gasteiger partial charge in [-0.05, 0) is 37.8 Å². The van der Waals surface area contributed by atoms with Gasteiger partial charge in [0.1, 0.15) is 5.75 Å². The molecule has 0 bridgehead atoms. The number of fused-ring (bicyclic) bond motifs is 1. The second kappa shape index (κ2) is 8.06. The zero-order valence-electron chi connectivity index (χ0n) is 15.6. The molecule has 1 saturated carbocycles. The third kappa shape index (κ3) is 4.16. The zero-order chi connectivity index (χ0) is 20.4. The van der Waals surface area contributed by atoms with Crippen LogP contribution in [-0.4, -0.2) is 33.6 Å². The minimum absolute atomic E-state index is 0.0912. The van der Waals surface area contributed by atoms with E-state index in [2.05, 4.69) is 5.10 Å². The van der Waals surface area contributed by atoms with E-state index in [1.807, 2.05) is 18.2 Å². The van der Waals surface area contributed by atoms with Crippen molar-refractivity contribution in [3.8, 4) is 17.2 Å². The summed E-state index contributed by atoms with van der Waals surface area (Å²) >= 11 is 0.